The lowest BCUT2D eigenvalue weighted by molar-refractivity contribution is -0.116. The van der Waals surface area contributed by atoms with Crippen LogP contribution >= 0.6 is 0 Å². The molecule has 3 N–H and O–H groups in total. The van der Waals surface area contributed by atoms with Gasteiger partial charge in [0.05, 0.1) is 4.90 Å². The number of carbonyl (C=O) groups is 1. The highest BCUT2D eigenvalue weighted by Crippen LogP contribution is 2.13. The third-order valence-corrected chi connectivity index (χ3v) is 3.07. The summed E-state index contributed by atoms with van der Waals surface area (Å²) in [5.41, 5.74) is 5.79. The maximum absolute atomic E-state index is 11.2. The first-order chi connectivity index (χ1) is 7.43. The fraction of sp³-hybridized carbons (Fsp3) is 0.300. The van der Waals surface area contributed by atoms with E-state index in [-0.39, 0.29) is 23.8 Å². The average molecular weight is 242 g/mol. The highest BCUT2D eigenvalue weighted by molar-refractivity contribution is 7.90. The number of carbonyl (C=O) groups excluding carboxylic acids is 1. The molecule has 5 nitrogen and oxygen atoms in total. The SMILES string of the molecule is CS(=O)(=O)c1ccc(NC(=O)CCN)cc1. The number of anilines is 1. The van der Waals surface area contributed by atoms with Crippen LogP contribution in [-0.4, -0.2) is 27.1 Å². The van der Waals surface area contributed by atoms with Gasteiger partial charge in [0.15, 0.2) is 9.84 Å². The summed E-state index contributed by atoms with van der Waals surface area (Å²) >= 11 is 0. The molecule has 0 unspecified atom stereocenters. The molecule has 0 heterocycles. The molecule has 16 heavy (non-hydrogen) atoms. The molecule has 1 aromatic rings. The van der Waals surface area contributed by atoms with Crippen LogP contribution in [0.4, 0.5) is 5.69 Å². The van der Waals surface area contributed by atoms with Crippen LogP contribution in [-0.2, 0) is 14.6 Å². The molecule has 0 fully saturated rings. The van der Waals surface area contributed by atoms with Crippen molar-refractivity contribution >= 4 is 21.4 Å². The van der Waals surface area contributed by atoms with Crippen molar-refractivity contribution < 1.29 is 13.2 Å². The molecule has 1 aromatic carbocycles. The predicted octanol–water partition coefficient (Wildman–Crippen LogP) is 0.377. The molecule has 0 aliphatic carbocycles. The number of amides is 1. The summed E-state index contributed by atoms with van der Waals surface area (Å²) in [5, 5.41) is 2.61. The highest BCUT2D eigenvalue weighted by Gasteiger charge is 2.06. The third-order valence-electron chi connectivity index (χ3n) is 1.94. The first-order valence-corrected chi connectivity index (χ1v) is 6.62. The number of sulfone groups is 1. The summed E-state index contributed by atoms with van der Waals surface area (Å²) in [6.07, 6.45) is 1.38. The van der Waals surface area contributed by atoms with Gasteiger partial charge in [-0.05, 0) is 24.3 Å². The zero-order valence-electron chi connectivity index (χ0n) is 8.93. The van der Waals surface area contributed by atoms with Crippen molar-refractivity contribution in [2.45, 2.75) is 11.3 Å². The predicted molar refractivity (Wildman–Crippen MR) is 61.9 cm³/mol. The Bertz CT molecular complexity index is 465. The zero-order chi connectivity index (χ0) is 12.2. The standard InChI is InChI=1S/C10H14N2O3S/c1-16(14,15)9-4-2-8(3-5-9)12-10(13)6-7-11/h2-5H,6-7,11H2,1H3,(H,12,13). The second-order valence-electron chi connectivity index (χ2n) is 3.38. The van der Waals surface area contributed by atoms with E-state index in [9.17, 15) is 13.2 Å². The average Bonchev–Trinajstić information content (AvgIpc) is 2.17. The lowest BCUT2D eigenvalue weighted by Gasteiger charge is -2.04. The molecule has 0 aromatic heterocycles. The minimum atomic E-state index is -3.19. The van der Waals surface area contributed by atoms with E-state index in [0.717, 1.165) is 6.26 Å². The number of hydrogen-bond donors (Lipinski definition) is 2. The number of nitrogens with two attached hydrogens (primary N) is 1. The monoisotopic (exact) mass is 242 g/mol. The molecule has 0 saturated carbocycles. The summed E-state index contributed by atoms with van der Waals surface area (Å²) in [6, 6.07) is 6.00. The second-order valence-corrected chi connectivity index (χ2v) is 5.40. The van der Waals surface area contributed by atoms with E-state index in [0.29, 0.717) is 5.69 Å². The van der Waals surface area contributed by atoms with Gasteiger partial charge in [0.25, 0.3) is 0 Å². The van der Waals surface area contributed by atoms with Crippen LogP contribution in [0.15, 0.2) is 29.2 Å². The van der Waals surface area contributed by atoms with Crippen LogP contribution in [0, 0.1) is 0 Å². The molecular formula is C10H14N2O3S. The fourth-order valence-electron chi connectivity index (χ4n) is 1.14. The van der Waals surface area contributed by atoms with Crippen molar-refractivity contribution in [3.63, 3.8) is 0 Å². The Hall–Kier alpha value is -1.40. The van der Waals surface area contributed by atoms with Gasteiger partial charge in [-0.25, -0.2) is 8.42 Å². The Labute approximate surface area is 94.6 Å². The van der Waals surface area contributed by atoms with Crippen molar-refractivity contribution in [2.75, 3.05) is 18.1 Å². The molecule has 0 radical (unpaired) electrons. The molecule has 1 rings (SSSR count). The lowest BCUT2D eigenvalue weighted by atomic mass is 10.3. The van der Waals surface area contributed by atoms with Crippen molar-refractivity contribution in [2.24, 2.45) is 5.73 Å². The first-order valence-electron chi connectivity index (χ1n) is 4.73. The van der Waals surface area contributed by atoms with Gasteiger partial charge >= 0.3 is 0 Å². The highest BCUT2D eigenvalue weighted by atomic mass is 32.2. The maximum atomic E-state index is 11.2. The van der Waals surface area contributed by atoms with E-state index in [1.54, 1.807) is 12.1 Å². The Morgan fingerprint density at radius 1 is 1.31 bits per heavy atom. The van der Waals surface area contributed by atoms with E-state index >= 15 is 0 Å². The minimum Gasteiger partial charge on any atom is -0.330 e. The molecule has 88 valence electrons. The van der Waals surface area contributed by atoms with E-state index in [1.165, 1.54) is 12.1 Å². The zero-order valence-corrected chi connectivity index (χ0v) is 9.75. The van der Waals surface area contributed by atoms with Crippen LogP contribution < -0.4 is 11.1 Å². The van der Waals surface area contributed by atoms with Crippen molar-refractivity contribution in [1.29, 1.82) is 0 Å². The first kappa shape index (κ1) is 12.7. The number of hydrogen-bond acceptors (Lipinski definition) is 4. The summed E-state index contributed by atoms with van der Waals surface area (Å²) < 4.78 is 22.3. The van der Waals surface area contributed by atoms with Gasteiger partial charge in [-0.2, -0.15) is 0 Å². The van der Waals surface area contributed by atoms with Gasteiger partial charge in [0.1, 0.15) is 0 Å². The van der Waals surface area contributed by atoms with E-state index < -0.39 is 9.84 Å². The van der Waals surface area contributed by atoms with Crippen molar-refractivity contribution in [1.82, 2.24) is 0 Å². The molecule has 0 saturated heterocycles. The van der Waals surface area contributed by atoms with Gasteiger partial charge in [-0.3, -0.25) is 4.79 Å². The summed E-state index contributed by atoms with van der Waals surface area (Å²) in [7, 11) is -3.19. The minimum absolute atomic E-state index is 0.186. The van der Waals surface area contributed by atoms with Crippen LogP contribution in [0.5, 0.6) is 0 Å². The summed E-state index contributed by atoms with van der Waals surface area (Å²) in [6.45, 7) is 0.285. The Kier molecular flexibility index (Phi) is 4.03. The second kappa shape index (κ2) is 5.09. The molecular weight excluding hydrogens is 228 g/mol. The number of rotatable bonds is 4. The molecule has 0 aliphatic heterocycles. The van der Waals surface area contributed by atoms with E-state index in [2.05, 4.69) is 5.32 Å². The number of benzene rings is 1. The Morgan fingerprint density at radius 2 is 1.88 bits per heavy atom. The largest absolute Gasteiger partial charge is 0.330 e. The fourth-order valence-corrected chi connectivity index (χ4v) is 1.77. The van der Waals surface area contributed by atoms with Crippen LogP contribution in [0.2, 0.25) is 0 Å². The molecule has 1 amide bonds. The number of nitrogens with one attached hydrogen (secondary N) is 1. The van der Waals surface area contributed by atoms with Crippen molar-refractivity contribution in [3.05, 3.63) is 24.3 Å². The Morgan fingerprint density at radius 3 is 2.31 bits per heavy atom. The van der Waals surface area contributed by atoms with Crippen LogP contribution in [0.3, 0.4) is 0 Å². The molecule has 0 bridgehead atoms. The van der Waals surface area contributed by atoms with E-state index in [4.69, 9.17) is 5.73 Å². The van der Waals surface area contributed by atoms with Gasteiger partial charge in [0, 0.05) is 24.9 Å². The quantitative estimate of drug-likeness (QED) is 0.798. The molecule has 6 heteroatoms. The van der Waals surface area contributed by atoms with Gasteiger partial charge < -0.3 is 11.1 Å². The van der Waals surface area contributed by atoms with Gasteiger partial charge in [0.2, 0.25) is 5.91 Å². The van der Waals surface area contributed by atoms with Gasteiger partial charge in [-0.15, -0.1) is 0 Å². The maximum Gasteiger partial charge on any atom is 0.225 e. The molecule has 0 aliphatic rings. The topological polar surface area (TPSA) is 89.3 Å². The summed E-state index contributed by atoms with van der Waals surface area (Å²) in [5.74, 6) is -0.186. The van der Waals surface area contributed by atoms with Gasteiger partial charge in [-0.1, -0.05) is 0 Å². The lowest BCUT2D eigenvalue weighted by Crippen LogP contribution is -2.16. The molecule has 0 atom stereocenters. The third kappa shape index (κ3) is 3.63. The van der Waals surface area contributed by atoms with Crippen LogP contribution in [0.25, 0.3) is 0 Å². The normalized spacial score (nSPS) is 11.1. The van der Waals surface area contributed by atoms with E-state index in [1.807, 2.05) is 0 Å². The summed E-state index contributed by atoms with van der Waals surface area (Å²) in [4.78, 5) is 11.4. The molecule has 0 spiro atoms. The smallest absolute Gasteiger partial charge is 0.225 e. The van der Waals surface area contributed by atoms with Crippen molar-refractivity contribution in [3.8, 4) is 0 Å². The van der Waals surface area contributed by atoms with Crippen LogP contribution in [0.1, 0.15) is 6.42 Å². The Balaban J connectivity index is 2.76.